The zero-order valence-electron chi connectivity index (χ0n) is 24.8. The van der Waals surface area contributed by atoms with Gasteiger partial charge in [0.1, 0.15) is 5.75 Å². The van der Waals surface area contributed by atoms with Gasteiger partial charge in [-0.1, -0.05) is 12.1 Å². The second-order valence-corrected chi connectivity index (χ2v) is 14.0. The third kappa shape index (κ3) is 5.40. The minimum atomic E-state index is -3.82. The summed E-state index contributed by atoms with van der Waals surface area (Å²) >= 11 is 0. The Hall–Kier alpha value is -3.43. The van der Waals surface area contributed by atoms with E-state index in [0.29, 0.717) is 51.5 Å². The number of pyridine rings is 1. The summed E-state index contributed by atoms with van der Waals surface area (Å²) in [5.41, 5.74) is 5.01. The third-order valence-corrected chi connectivity index (χ3v) is 11.6. The first kappa shape index (κ1) is 28.7. The van der Waals surface area contributed by atoms with Crippen LogP contribution >= 0.6 is 0 Å². The Morgan fingerprint density at radius 1 is 0.952 bits per heavy atom. The van der Waals surface area contributed by atoms with Crippen molar-refractivity contribution in [3.8, 4) is 5.75 Å². The average molecular weight is 589 g/mol. The highest BCUT2D eigenvalue weighted by Gasteiger charge is 2.41. The molecule has 0 atom stereocenters. The Kier molecular flexibility index (Phi) is 7.74. The predicted octanol–water partition coefficient (Wildman–Crippen LogP) is 5.02. The molecule has 0 radical (unpaired) electrons. The van der Waals surface area contributed by atoms with Crippen molar-refractivity contribution in [1.82, 2.24) is 9.88 Å². The number of sulfonamides is 1. The average Bonchev–Trinajstić information content (AvgIpc) is 3.41. The normalized spacial score (nSPS) is 18.7. The number of ether oxygens (including phenoxy) is 1. The van der Waals surface area contributed by atoms with E-state index >= 15 is 0 Å². The fraction of sp³-hybridized carbons (Fsp3) is 0.455. The molecule has 4 heterocycles. The molecule has 3 aliphatic heterocycles. The van der Waals surface area contributed by atoms with Crippen molar-refractivity contribution < 1.29 is 17.9 Å². The molecule has 2 saturated heterocycles. The van der Waals surface area contributed by atoms with Gasteiger partial charge in [-0.3, -0.25) is 19.0 Å². The topological polar surface area (TPSA) is 83.0 Å². The first-order valence-corrected chi connectivity index (χ1v) is 16.3. The smallest absolute Gasteiger partial charge is 0.264 e. The van der Waals surface area contributed by atoms with Gasteiger partial charge >= 0.3 is 0 Å². The monoisotopic (exact) mass is 588 g/mol. The SMILES string of the molecule is COc1cc(C)c(S(=O)(=O)N2CCCc3ccc(C(=O)CN4CCC5(CC4)CCN(c4ccncc4)C5)cc32)c(C)c1. The number of methoxy groups -OCH3 is 1. The van der Waals surface area contributed by atoms with E-state index in [4.69, 9.17) is 4.74 Å². The van der Waals surface area contributed by atoms with E-state index < -0.39 is 10.0 Å². The van der Waals surface area contributed by atoms with Gasteiger partial charge < -0.3 is 9.64 Å². The lowest BCUT2D eigenvalue weighted by Crippen LogP contribution is -2.43. The van der Waals surface area contributed by atoms with Crippen molar-refractivity contribution in [1.29, 1.82) is 0 Å². The van der Waals surface area contributed by atoms with Crippen molar-refractivity contribution >= 4 is 27.2 Å². The summed E-state index contributed by atoms with van der Waals surface area (Å²) < 4.78 is 34.9. The fourth-order valence-electron chi connectivity index (χ4n) is 7.11. The summed E-state index contributed by atoms with van der Waals surface area (Å²) in [6.07, 6.45) is 8.58. The number of carbonyl (C=O) groups is 1. The van der Waals surface area contributed by atoms with E-state index in [1.807, 2.05) is 24.5 Å². The van der Waals surface area contributed by atoms with E-state index in [1.165, 1.54) is 16.4 Å². The maximum absolute atomic E-state index is 14.0. The number of aryl methyl sites for hydroxylation is 3. The van der Waals surface area contributed by atoms with Crippen molar-refractivity contribution in [3.63, 3.8) is 0 Å². The number of ketones is 1. The third-order valence-electron chi connectivity index (χ3n) is 9.45. The highest BCUT2D eigenvalue weighted by Crippen LogP contribution is 2.42. The van der Waals surface area contributed by atoms with Crippen LogP contribution in [0.3, 0.4) is 0 Å². The van der Waals surface area contributed by atoms with Crippen LogP contribution in [0, 0.1) is 19.3 Å². The maximum atomic E-state index is 14.0. The van der Waals surface area contributed by atoms with Gasteiger partial charge in [-0.05, 0) is 111 Å². The van der Waals surface area contributed by atoms with Gasteiger partial charge in [-0.25, -0.2) is 8.42 Å². The molecule has 0 saturated carbocycles. The molecule has 1 aromatic heterocycles. The number of carbonyl (C=O) groups excluding carboxylic acids is 1. The lowest BCUT2D eigenvalue weighted by Gasteiger charge is -2.39. The van der Waals surface area contributed by atoms with Crippen LogP contribution in [0.2, 0.25) is 0 Å². The largest absolute Gasteiger partial charge is 0.497 e. The second-order valence-electron chi connectivity index (χ2n) is 12.2. The molecule has 42 heavy (non-hydrogen) atoms. The van der Waals surface area contributed by atoms with Crippen LogP contribution in [-0.2, 0) is 16.4 Å². The van der Waals surface area contributed by atoms with Crippen LogP contribution < -0.4 is 13.9 Å². The number of piperidine rings is 1. The van der Waals surface area contributed by atoms with E-state index in [0.717, 1.165) is 57.4 Å². The van der Waals surface area contributed by atoms with Gasteiger partial charge in [0.15, 0.2) is 5.78 Å². The van der Waals surface area contributed by atoms with Crippen molar-refractivity contribution in [2.75, 3.05) is 55.6 Å². The standard InChI is InChI=1S/C33H40N4O4S/c1-24-19-29(41-3)20-25(2)32(24)42(39,40)37-15-4-5-26-6-7-27(21-30(26)37)31(38)22-35-16-10-33(11-17-35)12-18-36(23-33)28-8-13-34-14-9-28/h6-9,13-14,19-21H,4-5,10-12,15-18,22-23H2,1-3H3. The minimum absolute atomic E-state index is 0.0401. The number of anilines is 2. The molecule has 0 N–H and O–H groups in total. The molecule has 8 nitrogen and oxygen atoms in total. The van der Waals surface area contributed by atoms with Crippen molar-refractivity contribution in [2.24, 2.45) is 5.41 Å². The molecule has 2 aromatic carbocycles. The number of benzene rings is 2. The number of fused-ring (bicyclic) bond motifs is 1. The zero-order chi connectivity index (χ0) is 29.5. The molecule has 0 unspecified atom stereocenters. The lowest BCUT2D eigenvalue weighted by molar-refractivity contribution is 0.0825. The molecule has 0 bridgehead atoms. The molecular formula is C33H40N4O4S. The summed E-state index contributed by atoms with van der Waals surface area (Å²) in [5, 5.41) is 0. The summed E-state index contributed by atoms with van der Waals surface area (Å²) in [5.74, 6) is 0.678. The van der Waals surface area contributed by atoms with Crippen LogP contribution in [-0.4, -0.2) is 70.5 Å². The van der Waals surface area contributed by atoms with Crippen LogP contribution in [0.1, 0.15) is 52.7 Å². The molecule has 0 aliphatic carbocycles. The summed E-state index contributed by atoms with van der Waals surface area (Å²) in [4.78, 5) is 22.7. The van der Waals surface area contributed by atoms with Crippen LogP contribution in [0.4, 0.5) is 11.4 Å². The minimum Gasteiger partial charge on any atom is -0.497 e. The van der Waals surface area contributed by atoms with Gasteiger partial charge in [0.2, 0.25) is 0 Å². The number of hydrogen-bond donors (Lipinski definition) is 0. The molecule has 1 spiro atoms. The van der Waals surface area contributed by atoms with Gasteiger partial charge in [-0.2, -0.15) is 0 Å². The molecule has 3 aromatic rings. The molecular weight excluding hydrogens is 548 g/mol. The van der Waals surface area contributed by atoms with E-state index in [2.05, 4.69) is 26.9 Å². The van der Waals surface area contributed by atoms with Crippen molar-refractivity contribution in [2.45, 2.75) is 50.8 Å². The first-order chi connectivity index (χ1) is 20.2. The Morgan fingerprint density at radius 2 is 1.64 bits per heavy atom. The fourth-order valence-corrected chi connectivity index (χ4v) is 9.06. The Bertz CT molecular complexity index is 1560. The molecule has 0 amide bonds. The van der Waals surface area contributed by atoms with E-state index in [1.54, 1.807) is 39.2 Å². The summed E-state index contributed by atoms with van der Waals surface area (Å²) in [6.45, 7) is 8.27. The van der Waals surface area contributed by atoms with Crippen LogP contribution in [0.25, 0.3) is 0 Å². The van der Waals surface area contributed by atoms with E-state index in [9.17, 15) is 13.2 Å². The van der Waals surface area contributed by atoms with Crippen LogP contribution in [0.15, 0.2) is 59.8 Å². The Labute approximate surface area is 249 Å². The number of rotatable bonds is 7. The van der Waals surface area contributed by atoms with Crippen molar-refractivity contribution in [3.05, 3.63) is 77.1 Å². The maximum Gasteiger partial charge on any atom is 0.264 e. The van der Waals surface area contributed by atoms with Gasteiger partial charge in [-0.15, -0.1) is 0 Å². The number of hydrogen-bond acceptors (Lipinski definition) is 7. The van der Waals surface area contributed by atoms with E-state index in [-0.39, 0.29) is 5.78 Å². The molecule has 2 fully saturated rings. The van der Waals surface area contributed by atoms with Gasteiger partial charge in [0.25, 0.3) is 10.0 Å². The number of likely N-dealkylation sites (tertiary alicyclic amines) is 1. The Morgan fingerprint density at radius 3 is 2.33 bits per heavy atom. The summed E-state index contributed by atoms with van der Waals surface area (Å²) in [6, 6.07) is 13.3. The van der Waals surface area contributed by atoms with Crippen LogP contribution in [0.5, 0.6) is 5.75 Å². The second kappa shape index (κ2) is 11.3. The molecule has 3 aliphatic rings. The molecule has 6 rings (SSSR count). The predicted molar refractivity (Wildman–Crippen MR) is 165 cm³/mol. The number of Topliss-reactive ketones (excluding diaryl/α,β-unsaturated/α-hetero) is 1. The molecule has 9 heteroatoms. The highest BCUT2D eigenvalue weighted by molar-refractivity contribution is 7.93. The van der Waals surface area contributed by atoms with Gasteiger partial charge in [0, 0.05) is 43.3 Å². The number of aromatic nitrogens is 1. The summed E-state index contributed by atoms with van der Waals surface area (Å²) in [7, 11) is -2.24. The molecule has 222 valence electrons. The quantitative estimate of drug-likeness (QED) is 0.358. The highest BCUT2D eigenvalue weighted by atomic mass is 32.2. The zero-order valence-corrected chi connectivity index (χ0v) is 25.6. The lowest BCUT2D eigenvalue weighted by atomic mass is 9.77. The Balaban J connectivity index is 1.15. The first-order valence-electron chi connectivity index (χ1n) is 14.9. The van der Waals surface area contributed by atoms with Gasteiger partial charge in [0.05, 0.1) is 24.2 Å². The number of nitrogens with zero attached hydrogens (tertiary/aromatic N) is 4.